The predicted octanol–water partition coefficient (Wildman–Crippen LogP) is 2.14. The minimum absolute atomic E-state index is 0.0245. The third-order valence-corrected chi connectivity index (χ3v) is 4.55. The maximum absolute atomic E-state index is 12.2. The molecule has 1 N–H and O–H groups in total. The highest BCUT2D eigenvalue weighted by atomic mass is 16.2. The van der Waals surface area contributed by atoms with Crippen LogP contribution in [0, 0.1) is 0 Å². The molecule has 1 fully saturated rings. The van der Waals surface area contributed by atoms with E-state index in [9.17, 15) is 4.79 Å². The summed E-state index contributed by atoms with van der Waals surface area (Å²) < 4.78 is 0. The Labute approximate surface area is 137 Å². The molecule has 2 aromatic rings. The standard InChI is InChI=1S/C18H24N4O/c1-21(2)18(23)16-12-19-20-17(16)15-9-11-22(13-15)10-8-14-6-4-3-5-7-14/h3-7,12,15H,8-11,13H2,1-2H3,(H,19,20). The molecule has 23 heavy (non-hydrogen) atoms. The third kappa shape index (κ3) is 3.62. The minimum Gasteiger partial charge on any atom is -0.345 e. The number of H-pyrrole nitrogens is 1. The number of rotatable bonds is 5. The molecule has 2 heterocycles. The van der Waals surface area contributed by atoms with Gasteiger partial charge in [0.25, 0.3) is 5.91 Å². The van der Waals surface area contributed by atoms with Crippen molar-refractivity contribution >= 4 is 5.91 Å². The van der Waals surface area contributed by atoms with Gasteiger partial charge in [0, 0.05) is 33.1 Å². The van der Waals surface area contributed by atoms with E-state index >= 15 is 0 Å². The number of nitrogens with zero attached hydrogens (tertiary/aromatic N) is 3. The van der Waals surface area contributed by atoms with Gasteiger partial charge in [0.2, 0.25) is 0 Å². The lowest BCUT2D eigenvalue weighted by Crippen LogP contribution is -2.25. The van der Waals surface area contributed by atoms with E-state index < -0.39 is 0 Å². The lowest BCUT2D eigenvalue weighted by molar-refractivity contribution is 0.0826. The number of amides is 1. The quantitative estimate of drug-likeness (QED) is 0.920. The molecule has 5 heteroatoms. The Morgan fingerprint density at radius 1 is 1.35 bits per heavy atom. The van der Waals surface area contributed by atoms with E-state index in [4.69, 9.17) is 0 Å². The molecule has 1 aromatic heterocycles. The van der Waals surface area contributed by atoms with Gasteiger partial charge in [-0.3, -0.25) is 9.89 Å². The van der Waals surface area contributed by atoms with Crippen LogP contribution >= 0.6 is 0 Å². The van der Waals surface area contributed by atoms with Crippen LogP contribution in [-0.4, -0.2) is 59.6 Å². The maximum Gasteiger partial charge on any atom is 0.256 e. The summed E-state index contributed by atoms with van der Waals surface area (Å²) in [5.74, 6) is 0.392. The Hall–Kier alpha value is -2.14. The Morgan fingerprint density at radius 3 is 2.87 bits per heavy atom. The molecule has 1 saturated heterocycles. The van der Waals surface area contributed by atoms with Crippen LogP contribution in [-0.2, 0) is 6.42 Å². The summed E-state index contributed by atoms with van der Waals surface area (Å²) in [7, 11) is 3.56. The fraction of sp³-hybridized carbons (Fsp3) is 0.444. The van der Waals surface area contributed by atoms with Crippen LogP contribution in [0.25, 0.3) is 0 Å². The number of aromatic amines is 1. The summed E-state index contributed by atoms with van der Waals surface area (Å²) in [4.78, 5) is 16.3. The minimum atomic E-state index is 0.0245. The molecule has 0 spiro atoms. The van der Waals surface area contributed by atoms with Gasteiger partial charge in [0.1, 0.15) is 0 Å². The highest BCUT2D eigenvalue weighted by molar-refractivity contribution is 5.94. The Morgan fingerprint density at radius 2 is 2.13 bits per heavy atom. The number of nitrogens with one attached hydrogen (secondary N) is 1. The molecule has 0 bridgehead atoms. The molecule has 0 saturated carbocycles. The van der Waals surface area contributed by atoms with Crippen molar-refractivity contribution in [3.05, 3.63) is 53.3 Å². The topological polar surface area (TPSA) is 52.2 Å². The summed E-state index contributed by atoms with van der Waals surface area (Å²) in [5, 5.41) is 7.15. The van der Waals surface area contributed by atoms with Gasteiger partial charge >= 0.3 is 0 Å². The van der Waals surface area contributed by atoms with E-state index in [-0.39, 0.29) is 5.91 Å². The molecule has 1 aliphatic heterocycles. The molecule has 1 aromatic carbocycles. The van der Waals surface area contributed by atoms with Crippen LogP contribution in [0.15, 0.2) is 36.5 Å². The predicted molar refractivity (Wildman–Crippen MR) is 90.5 cm³/mol. The molecule has 0 aliphatic carbocycles. The highest BCUT2D eigenvalue weighted by Crippen LogP contribution is 2.28. The van der Waals surface area contributed by atoms with Gasteiger partial charge in [-0.2, -0.15) is 5.10 Å². The Balaban J connectivity index is 1.60. The summed E-state index contributed by atoms with van der Waals surface area (Å²) >= 11 is 0. The van der Waals surface area contributed by atoms with Gasteiger partial charge in [-0.05, 0) is 24.9 Å². The SMILES string of the molecule is CN(C)C(=O)c1cn[nH]c1C1CCN(CCc2ccccc2)C1. The van der Waals surface area contributed by atoms with E-state index in [0.717, 1.165) is 38.2 Å². The summed E-state index contributed by atoms with van der Waals surface area (Å²) in [6, 6.07) is 10.6. The molecular weight excluding hydrogens is 288 g/mol. The molecule has 1 aliphatic rings. The Kier molecular flexibility index (Phi) is 4.76. The molecule has 5 nitrogen and oxygen atoms in total. The molecule has 3 rings (SSSR count). The number of aromatic nitrogens is 2. The van der Waals surface area contributed by atoms with Crippen molar-refractivity contribution in [2.75, 3.05) is 33.7 Å². The zero-order chi connectivity index (χ0) is 16.2. The highest BCUT2D eigenvalue weighted by Gasteiger charge is 2.28. The molecular formula is C18H24N4O. The van der Waals surface area contributed by atoms with Crippen LogP contribution in [0.5, 0.6) is 0 Å². The van der Waals surface area contributed by atoms with E-state index in [1.807, 2.05) is 0 Å². The van der Waals surface area contributed by atoms with E-state index in [1.165, 1.54) is 5.56 Å². The average Bonchev–Trinajstić information content (AvgIpc) is 3.22. The number of likely N-dealkylation sites (tertiary alicyclic amines) is 1. The zero-order valence-electron chi connectivity index (χ0n) is 13.8. The molecule has 1 atom stereocenters. The van der Waals surface area contributed by atoms with E-state index in [2.05, 4.69) is 45.4 Å². The number of hydrogen-bond acceptors (Lipinski definition) is 3. The van der Waals surface area contributed by atoms with Crippen molar-refractivity contribution in [3.63, 3.8) is 0 Å². The lowest BCUT2D eigenvalue weighted by Gasteiger charge is -2.16. The van der Waals surface area contributed by atoms with Crippen molar-refractivity contribution in [1.82, 2.24) is 20.0 Å². The molecule has 1 unspecified atom stereocenters. The van der Waals surface area contributed by atoms with E-state index in [1.54, 1.807) is 25.2 Å². The fourth-order valence-corrected chi connectivity index (χ4v) is 3.22. The maximum atomic E-state index is 12.2. The van der Waals surface area contributed by atoms with Gasteiger partial charge in [0.15, 0.2) is 0 Å². The molecule has 0 radical (unpaired) electrons. The number of carbonyl (C=O) groups is 1. The van der Waals surface area contributed by atoms with Crippen molar-refractivity contribution in [3.8, 4) is 0 Å². The number of benzene rings is 1. The monoisotopic (exact) mass is 312 g/mol. The zero-order valence-corrected chi connectivity index (χ0v) is 13.8. The van der Waals surface area contributed by atoms with Crippen molar-refractivity contribution < 1.29 is 4.79 Å². The van der Waals surface area contributed by atoms with Gasteiger partial charge < -0.3 is 9.80 Å². The first-order valence-corrected chi connectivity index (χ1v) is 8.16. The van der Waals surface area contributed by atoms with Crippen molar-refractivity contribution in [1.29, 1.82) is 0 Å². The summed E-state index contributed by atoms with van der Waals surface area (Å²) in [5.41, 5.74) is 3.08. The van der Waals surface area contributed by atoms with Crippen molar-refractivity contribution in [2.45, 2.75) is 18.8 Å². The smallest absolute Gasteiger partial charge is 0.256 e. The molecule has 122 valence electrons. The normalized spacial score (nSPS) is 18.3. The summed E-state index contributed by atoms with van der Waals surface area (Å²) in [6.07, 6.45) is 3.80. The largest absolute Gasteiger partial charge is 0.345 e. The van der Waals surface area contributed by atoms with Crippen LogP contribution in [0.1, 0.15) is 34.0 Å². The first kappa shape index (κ1) is 15.7. The number of carbonyl (C=O) groups excluding carboxylic acids is 1. The van der Waals surface area contributed by atoms with Gasteiger partial charge in [-0.1, -0.05) is 30.3 Å². The van der Waals surface area contributed by atoms with Gasteiger partial charge in [-0.15, -0.1) is 0 Å². The fourth-order valence-electron chi connectivity index (χ4n) is 3.22. The first-order chi connectivity index (χ1) is 11.1. The summed E-state index contributed by atoms with van der Waals surface area (Å²) in [6.45, 7) is 3.13. The average molecular weight is 312 g/mol. The molecule has 1 amide bonds. The second-order valence-electron chi connectivity index (χ2n) is 6.42. The van der Waals surface area contributed by atoms with Crippen LogP contribution in [0.2, 0.25) is 0 Å². The lowest BCUT2D eigenvalue weighted by atomic mass is 10.0. The van der Waals surface area contributed by atoms with Crippen LogP contribution in [0.4, 0.5) is 0 Å². The van der Waals surface area contributed by atoms with Crippen LogP contribution in [0.3, 0.4) is 0 Å². The second-order valence-corrected chi connectivity index (χ2v) is 6.42. The van der Waals surface area contributed by atoms with Gasteiger partial charge in [-0.25, -0.2) is 0 Å². The first-order valence-electron chi connectivity index (χ1n) is 8.16. The third-order valence-electron chi connectivity index (χ3n) is 4.55. The second kappa shape index (κ2) is 6.96. The number of hydrogen-bond donors (Lipinski definition) is 1. The van der Waals surface area contributed by atoms with E-state index in [0.29, 0.717) is 11.5 Å². The van der Waals surface area contributed by atoms with Crippen LogP contribution < -0.4 is 0 Å². The Bertz CT molecular complexity index is 650. The van der Waals surface area contributed by atoms with Crippen molar-refractivity contribution in [2.24, 2.45) is 0 Å². The van der Waals surface area contributed by atoms with Gasteiger partial charge in [0.05, 0.1) is 17.5 Å².